The number of rotatable bonds is 4. The predicted octanol–water partition coefficient (Wildman–Crippen LogP) is 2.81. The number of hydrogen-bond donors (Lipinski definition) is 1. The van der Waals surface area contributed by atoms with Crippen molar-refractivity contribution in [2.24, 2.45) is 0 Å². The average Bonchev–Trinajstić information content (AvgIpc) is 2.41. The Kier molecular flexibility index (Phi) is 4.09. The fraction of sp³-hybridized carbons (Fsp3) is 0.133. The second-order valence-electron chi connectivity index (χ2n) is 4.64. The van der Waals surface area contributed by atoms with Gasteiger partial charge in [0.25, 0.3) is 0 Å². The molecule has 4 nitrogen and oxygen atoms in total. The number of carboxylic acids is 1. The van der Waals surface area contributed by atoms with Crippen LogP contribution in [0.2, 0.25) is 0 Å². The zero-order valence-electron chi connectivity index (χ0n) is 11.2. The van der Waals surface area contributed by atoms with E-state index in [1.165, 1.54) is 30.3 Å². The average molecular weight is 308 g/mol. The SMILES string of the molecule is Cc1ccc(C(=O)O)cc1S(=O)(=O)Cc1ccccc1F. The second kappa shape index (κ2) is 5.65. The third-order valence-corrected chi connectivity index (χ3v) is 4.87. The van der Waals surface area contributed by atoms with Crippen molar-refractivity contribution in [3.63, 3.8) is 0 Å². The van der Waals surface area contributed by atoms with E-state index in [2.05, 4.69) is 0 Å². The van der Waals surface area contributed by atoms with Gasteiger partial charge in [-0.3, -0.25) is 0 Å². The number of carboxylic acid groups (broad SMARTS) is 1. The van der Waals surface area contributed by atoms with E-state index in [1.807, 2.05) is 0 Å². The molecule has 2 aromatic carbocycles. The molecule has 0 aliphatic heterocycles. The number of hydrogen-bond acceptors (Lipinski definition) is 3. The third kappa shape index (κ3) is 3.28. The van der Waals surface area contributed by atoms with Crippen molar-refractivity contribution < 1.29 is 22.7 Å². The van der Waals surface area contributed by atoms with Crippen molar-refractivity contribution in [3.8, 4) is 0 Å². The van der Waals surface area contributed by atoms with Gasteiger partial charge in [0.05, 0.1) is 16.2 Å². The smallest absolute Gasteiger partial charge is 0.335 e. The number of aryl methyl sites for hydroxylation is 1. The summed E-state index contributed by atoms with van der Waals surface area (Å²) in [7, 11) is -3.83. The number of halogens is 1. The maximum Gasteiger partial charge on any atom is 0.335 e. The van der Waals surface area contributed by atoms with E-state index in [4.69, 9.17) is 5.11 Å². The van der Waals surface area contributed by atoms with Crippen LogP contribution < -0.4 is 0 Å². The highest BCUT2D eigenvalue weighted by Crippen LogP contribution is 2.22. The van der Waals surface area contributed by atoms with Crippen molar-refractivity contribution in [1.82, 2.24) is 0 Å². The second-order valence-corrected chi connectivity index (χ2v) is 6.59. The molecule has 0 fully saturated rings. The van der Waals surface area contributed by atoms with Gasteiger partial charge in [0, 0.05) is 5.56 Å². The summed E-state index contributed by atoms with van der Waals surface area (Å²) in [5.41, 5.74) is 0.363. The highest BCUT2D eigenvalue weighted by Gasteiger charge is 2.21. The molecule has 21 heavy (non-hydrogen) atoms. The van der Waals surface area contributed by atoms with Gasteiger partial charge in [0.2, 0.25) is 0 Å². The quantitative estimate of drug-likeness (QED) is 0.942. The fourth-order valence-corrected chi connectivity index (χ4v) is 3.63. The molecule has 2 rings (SSSR count). The number of carbonyl (C=O) groups is 1. The number of aromatic carboxylic acids is 1. The van der Waals surface area contributed by atoms with E-state index in [9.17, 15) is 17.6 Å². The first-order chi connectivity index (χ1) is 9.81. The summed E-state index contributed by atoms with van der Waals surface area (Å²) in [4.78, 5) is 10.9. The molecular weight excluding hydrogens is 295 g/mol. The third-order valence-electron chi connectivity index (χ3n) is 3.07. The van der Waals surface area contributed by atoms with Gasteiger partial charge in [-0.1, -0.05) is 24.3 Å². The first-order valence-corrected chi connectivity index (χ1v) is 7.76. The maximum atomic E-state index is 13.6. The fourth-order valence-electron chi connectivity index (χ4n) is 1.97. The molecule has 0 spiro atoms. The predicted molar refractivity (Wildman–Crippen MR) is 75.4 cm³/mol. The van der Waals surface area contributed by atoms with Gasteiger partial charge in [0.15, 0.2) is 9.84 Å². The highest BCUT2D eigenvalue weighted by atomic mass is 32.2. The van der Waals surface area contributed by atoms with Crippen LogP contribution in [0.1, 0.15) is 21.5 Å². The summed E-state index contributed by atoms with van der Waals surface area (Å²) in [5.74, 6) is -2.32. The van der Waals surface area contributed by atoms with Crippen molar-refractivity contribution >= 4 is 15.8 Å². The molecular formula is C15H13FO4S. The monoisotopic (exact) mass is 308 g/mol. The molecule has 0 saturated carbocycles. The van der Waals surface area contributed by atoms with Crippen molar-refractivity contribution in [1.29, 1.82) is 0 Å². The van der Waals surface area contributed by atoms with E-state index >= 15 is 0 Å². The maximum absolute atomic E-state index is 13.6. The lowest BCUT2D eigenvalue weighted by molar-refractivity contribution is 0.0696. The van der Waals surface area contributed by atoms with Crippen molar-refractivity contribution in [2.75, 3.05) is 0 Å². The van der Waals surface area contributed by atoms with Crippen LogP contribution >= 0.6 is 0 Å². The first kappa shape index (κ1) is 15.2. The van der Waals surface area contributed by atoms with Crippen LogP contribution in [0.25, 0.3) is 0 Å². The summed E-state index contributed by atoms with van der Waals surface area (Å²) in [6.45, 7) is 1.57. The number of benzene rings is 2. The molecule has 0 aliphatic rings. The molecule has 6 heteroatoms. The molecule has 0 aliphatic carbocycles. The van der Waals surface area contributed by atoms with E-state index in [-0.39, 0.29) is 16.0 Å². The van der Waals surface area contributed by atoms with Gasteiger partial charge in [-0.05, 0) is 30.7 Å². The Labute approximate surface area is 121 Å². The number of sulfone groups is 1. The van der Waals surface area contributed by atoms with E-state index in [1.54, 1.807) is 13.0 Å². The van der Waals surface area contributed by atoms with Crippen LogP contribution in [0.15, 0.2) is 47.4 Å². The Morgan fingerprint density at radius 3 is 2.48 bits per heavy atom. The van der Waals surface area contributed by atoms with Gasteiger partial charge in [0.1, 0.15) is 5.82 Å². The van der Waals surface area contributed by atoms with Gasteiger partial charge in [-0.25, -0.2) is 17.6 Å². The molecule has 110 valence electrons. The normalized spacial score (nSPS) is 11.3. The Morgan fingerprint density at radius 2 is 1.86 bits per heavy atom. The van der Waals surface area contributed by atoms with Gasteiger partial charge < -0.3 is 5.11 Å². The summed E-state index contributed by atoms with van der Waals surface area (Å²) in [6, 6.07) is 9.47. The van der Waals surface area contributed by atoms with Crippen LogP contribution in [0.4, 0.5) is 4.39 Å². The highest BCUT2D eigenvalue weighted by molar-refractivity contribution is 7.90. The van der Waals surface area contributed by atoms with Gasteiger partial charge >= 0.3 is 5.97 Å². The van der Waals surface area contributed by atoms with E-state index in [0.717, 1.165) is 6.07 Å². The van der Waals surface area contributed by atoms with Crippen LogP contribution in [0, 0.1) is 12.7 Å². The Morgan fingerprint density at radius 1 is 1.19 bits per heavy atom. The van der Waals surface area contributed by atoms with Gasteiger partial charge in [-0.15, -0.1) is 0 Å². The minimum absolute atomic E-state index is 0.0534. The summed E-state index contributed by atoms with van der Waals surface area (Å²) in [5, 5.41) is 8.94. The van der Waals surface area contributed by atoms with Gasteiger partial charge in [-0.2, -0.15) is 0 Å². The summed E-state index contributed by atoms with van der Waals surface area (Å²) >= 11 is 0. The molecule has 1 N–H and O–H groups in total. The lowest BCUT2D eigenvalue weighted by atomic mass is 10.1. The molecule has 0 aromatic heterocycles. The van der Waals surface area contributed by atoms with Crippen molar-refractivity contribution in [3.05, 3.63) is 65.0 Å². The molecule has 0 heterocycles. The van der Waals surface area contributed by atoms with Crippen LogP contribution in [-0.4, -0.2) is 19.5 Å². The molecule has 0 unspecified atom stereocenters. The van der Waals surface area contributed by atoms with Crippen LogP contribution in [0.3, 0.4) is 0 Å². The standard InChI is InChI=1S/C15H13FO4S/c1-10-6-7-11(15(17)18)8-14(10)21(19,20)9-12-4-2-3-5-13(12)16/h2-8H,9H2,1H3,(H,17,18). The first-order valence-electron chi connectivity index (χ1n) is 6.11. The Bertz CT molecular complexity index is 797. The molecule has 2 aromatic rings. The summed E-state index contributed by atoms with van der Waals surface area (Å²) in [6.07, 6.45) is 0. The zero-order valence-corrected chi connectivity index (χ0v) is 12.0. The molecule has 0 bridgehead atoms. The molecule has 0 saturated heterocycles. The van der Waals surface area contributed by atoms with E-state index in [0.29, 0.717) is 5.56 Å². The minimum Gasteiger partial charge on any atom is -0.478 e. The molecule has 0 atom stereocenters. The topological polar surface area (TPSA) is 71.4 Å². The van der Waals surface area contributed by atoms with Crippen LogP contribution in [-0.2, 0) is 15.6 Å². The lowest BCUT2D eigenvalue weighted by Crippen LogP contribution is -2.09. The van der Waals surface area contributed by atoms with Crippen LogP contribution in [0.5, 0.6) is 0 Å². The van der Waals surface area contributed by atoms with Crippen molar-refractivity contribution in [2.45, 2.75) is 17.6 Å². The van der Waals surface area contributed by atoms with E-state index < -0.39 is 27.4 Å². The largest absolute Gasteiger partial charge is 0.478 e. The molecule has 0 amide bonds. The minimum atomic E-state index is -3.83. The Hall–Kier alpha value is -2.21. The zero-order chi connectivity index (χ0) is 15.6. The Balaban J connectivity index is 2.47. The molecule has 0 radical (unpaired) electrons. The summed E-state index contributed by atoms with van der Waals surface area (Å²) < 4.78 is 38.4. The lowest BCUT2D eigenvalue weighted by Gasteiger charge is -2.09.